The van der Waals surface area contributed by atoms with Gasteiger partial charge in [-0.2, -0.15) is 0 Å². The number of halogens is 1. The Morgan fingerprint density at radius 2 is 1.95 bits per heavy atom. The van der Waals surface area contributed by atoms with E-state index in [2.05, 4.69) is 5.32 Å². The van der Waals surface area contributed by atoms with E-state index in [4.69, 9.17) is 11.6 Å². The van der Waals surface area contributed by atoms with Gasteiger partial charge < -0.3 is 5.32 Å². The van der Waals surface area contributed by atoms with E-state index in [1.807, 2.05) is 0 Å². The summed E-state index contributed by atoms with van der Waals surface area (Å²) in [6, 6.07) is 10.9. The molecule has 0 aliphatic rings. The first kappa shape index (κ1) is 14.0. The highest BCUT2D eigenvalue weighted by Gasteiger charge is 2.13. The number of carbonyl (C=O) groups excluding carboxylic acids is 1. The summed E-state index contributed by atoms with van der Waals surface area (Å²) in [4.78, 5) is 22.3. The number of nitrogens with zero attached hydrogens (tertiary/aromatic N) is 1. The number of non-ortho nitro benzene ring substituents is 1. The van der Waals surface area contributed by atoms with Crippen LogP contribution in [-0.4, -0.2) is 10.8 Å². The number of amides is 1. The summed E-state index contributed by atoms with van der Waals surface area (Å²) in [7, 11) is 0. The van der Waals surface area contributed by atoms with E-state index in [-0.39, 0.29) is 11.6 Å². The molecule has 0 bridgehead atoms. The van der Waals surface area contributed by atoms with Crippen LogP contribution >= 0.6 is 11.6 Å². The molecular weight excluding hydrogens is 280 g/mol. The molecule has 0 heterocycles. The van der Waals surface area contributed by atoms with Crippen molar-refractivity contribution in [1.82, 2.24) is 0 Å². The Bertz CT molecular complexity index is 686. The van der Waals surface area contributed by atoms with Crippen LogP contribution in [0.2, 0.25) is 5.02 Å². The summed E-state index contributed by atoms with van der Waals surface area (Å²) in [5, 5.41) is 13.7. The van der Waals surface area contributed by atoms with Crippen molar-refractivity contribution in [2.45, 2.75) is 6.92 Å². The number of rotatable bonds is 3. The van der Waals surface area contributed by atoms with Gasteiger partial charge in [0.15, 0.2) is 0 Å². The number of aryl methyl sites for hydroxylation is 1. The molecule has 6 heteroatoms. The summed E-state index contributed by atoms with van der Waals surface area (Å²) >= 11 is 5.94. The van der Waals surface area contributed by atoms with Gasteiger partial charge in [-0.25, -0.2) is 0 Å². The molecule has 2 aromatic rings. The number of benzene rings is 2. The number of carbonyl (C=O) groups is 1. The van der Waals surface area contributed by atoms with Crippen molar-refractivity contribution >= 4 is 28.9 Å². The minimum Gasteiger partial charge on any atom is -0.322 e. The SMILES string of the molecule is Cc1cc([N+](=O)[O-])ccc1NC(=O)c1ccccc1Cl. The minimum atomic E-state index is -0.479. The van der Waals surface area contributed by atoms with Gasteiger partial charge in [-0.05, 0) is 30.7 Å². The lowest BCUT2D eigenvalue weighted by atomic mass is 10.1. The maximum Gasteiger partial charge on any atom is 0.269 e. The molecule has 0 unspecified atom stereocenters. The molecule has 5 nitrogen and oxygen atoms in total. The van der Waals surface area contributed by atoms with Crippen molar-refractivity contribution in [2.24, 2.45) is 0 Å². The van der Waals surface area contributed by atoms with E-state index in [9.17, 15) is 14.9 Å². The zero-order chi connectivity index (χ0) is 14.7. The Labute approximate surface area is 120 Å². The fraction of sp³-hybridized carbons (Fsp3) is 0.0714. The lowest BCUT2D eigenvalue weighted by Gasteiger charge is -2.09. The Hall–Kier alpha value is -2.40. The van der Waals surface area contributed by atoms with Crippen LogP contribution in [0, 0.1) is 17.0 Å². The lowest BCUT2D eigenvalue weighted by molar-refractivity contribution is -0.384. The van der Waals surface area contributed by atoms with Gasteiger partial charge >= 0.3 is 0 Å². The Kier molecular flexibility index (Phi) is 4.00. The highest BCUT2D eigenvalue weighted by molar-refractivity contribution is 6.34. The third-order valence-corrected chi connectivity index (χ3v) is 3.12. The molecule has 2 aromatic carbocycles. The minimum absolute atomic E-state index is 0.0155. The van der Waals surface area contributed by atoms with Gasteiger partial charge in [0.2, 0.25) is 0 Å². The van der Waals surface area contributed by atoms with Crippen LogP contribution in [-0.2, 0) is 0 Å². The molecule has 0 saturated heterocycles. The molecule has 0 spiro atoms. The smallest absolute Gasteiger partial charge is 0.269 e. The van der Waals surface area contributed by atoms with Crippen molar-refractivity contribution in [2.75, 3.05) is 5.32 Å². The normalized spacial score (nSPS) is 10.1. The van der Waals surface area contributed by atoms with Gasteiger partial charge in [-0.1, -0.05) is 23.7 Å². The highest BCUT2D eigenvalue weighted by atomic mass is 35.5. The molecule has 20 heavy (non-hydrogen) atoms. The van der Waals surface area contributed by atoms with Crippen molar-refractivity contribution in [1.29, 1.82) is 0 Å². The predicted molar refractivity (Wildman–Crippen MR) is 77.2 cm³/mol. The van der Waals surface area contributed by atoms with Crippen molar-refractivity contribution in [3.63, 3.8) is 0 Å². The molecule has 0 saturated carbocycles. The van der Waals surface area contributed by atoms with Gasteiger partial charge in [-0.3, -0.25) is 14.9 Å². The summed E-state index contributed by atoms with van der Waals surface area (Å²) in [6.07, 6.45) is 0. The maximum atomic E-state index is 12.1. The summed E-state index contributed by atoms with van der Waals surface area (Å²) in [5.41, 5.74) is 1.46. The first-order chi connectivity index (χ1) is 9.49. The average molecular weight is 291 g/mol. The third-order valence-electron chi connectivity index (χ3n) is 2.79. The van der Waals surface area contributed by atoms with E-state index in [1.54, 1.807) is 31.2 Å². The van der Waals surface area contributed by atoms with Crippen LogP contribution in [0.1, 0.15) is 15.9 Å². The van der Waals surface area contributed by atoms with Crippen molar-refractivity contribution < 1.29 is 9.72 Å². The van der Waals surface area contributed by atoms with Crippen LogP contribution < -0.4 is 5.32 Å². The number of anilines is 1. The molecule has 102 valence electrons. The first-order valence-corrected chi connectivity index (χ1v) is 6.18. The first-order valence-electron chi connectivity index (χ1n) is 5.80. The summed E-state index contributed by atoms with van der Waals surface area (Å²) in [5.74, 6) is -0.354. The Morgan fingerprint density at radius 3 is 2.55 bits per heavy atom. The van der Waals surface area contributed by atoms with Gasteiger partial charge in [0.25, 0.3) is 11.6 Å². The van der Waals surface area contributed by atoms with E-state index in [0.717, 1.165) is 0 Å². The van der Waals surface area contributed by atoms with Gasteiger partial charge in [0.05, 0.1) is 15.5 Å². The number of nitro benzene ring substituents is 1. The molecule has 0 fully saturated rings. The largest absolute Gasteiger partial charge is 0.322 e. The molecule has 0 aliphatic carbocycles. The Balaban J connectivity index is 2.25. The quantitative estimate of drug-likeness (QED) is 0.690. The molecule has 0 aliphatic heterocycles. The van der Waals surface area contributed by atoms with E-state index in [1.165, 1.54) is 18.2 Å². The van der Waals surface area contributed by atoms with Crippen molar-refractivity contribution in [3.05, 3.63) is 68.7 Å². The second-order valence-corrected chi connectivity index (χ2v) is 4.60. The number of hydrogen-bond acceptors (Lipinski definition) is 3. The van der Waals surface area contributed by atoms with Gasteiger partial charge in [-0.15, -0.1) is 0 Å². The zero-order valence-electron chi connectivity index (χ0n) is 10.6. The molecule has 2 rings (SSSR count). The van der Waals surface area contributed by atoms with E-state index >= 15 is 0 Å². The van der Waals surface area contributed by atoms with Crippen LogP contribution in [0.5, 0.6) is 0 Å². The average Bonchev–Trinajstić information content (AvgIpc) is 2.41. The van der Waals surface area contributed by atoms with Gasteiger partial charge in [0, 0.05) is 17.8 Å². The molecule has 0 radical (unpaired) electrons. The topological polar surface area (TPSA) is 72.2 Å². The second kappa shape index (κ2) is 5.71. The Morgan fingerprint density at radius 1 is 1.25 bits per heavy atom. The van der Waals surface area contributed by atoms with E-state index < -0.39 is 4.92 Å². The van der Waals surface area contributed by atoms with Crippen LogP contribution in [0.25, 0.3) is 0 Å². The van der Waals surface area contributed by atoms with Gasteiger partial charge in [0.1, 0.15) is 0 Å². The third kappa shape index (κ3) is 2.95. The highest BCUT2D eigenvalue weighted by Crippen LogP contribution is 2.23. The zero-order valence-corrected chi connectivity index (χ0v) is 11.3. The number of nitro groups is 1. The van der Waals surface area contributed by atoms with E-state index in [0.29, 0.717) is 21.8 Å². The lowest BCUT2D eigenvalue weighted by Crippen LogP contribution is -2.13. The van der Waals surface area contributed by atoms with Crippen LogP contribution in [0.4, 0.5) is 11.4 Å². The van der Waals surface area contributed by atoms with Crippen LogP contribution in [0.3, 0.4) is 0 Å². The molecule has 0 atom stereocenters. The monoisotopic (exact) mass is 290 g/mol. The fourth-order valence-corrected chi connectivity index (χ4v) is 1.96. The number of hydrogen-bond donors (Lipinski definition) is 1. The van der Waals surface area contributed by atoms with Crippen LogP contribution in [0.15, 0.2) is 42.5 Å². The standard InChI is InChI=1S/C14H11ClN2O3/c1-9-8-10(17(19)20)6-7-13(9)16-14(18)11-4-2-3-5-12(11)15/h2-8H,1H3,(H,16,18). The molecule has 1 amide bonds. The van der Waals surface area contributed by atoms with Crippen molar-refractivity contribution in [3.8, 4) is 0 Å². The molecule has 1 N–H and O–H groups in total. The predicted octanol–water partition coefficient (Wildman–Crippen LogP) is 3.81. The summed E-state index contributed by atoms with van der Waals surface area (Å²) in [6.45, 7) is 1.69. The molecular formula is C14H11ClN2O3. The molecule has 0 aromatic heterocycles. The fourth-order valence-electron chi connectivity index (χ4n) is 1.74. The number of nitrogens with one attached hydrogen (secondary N) is 1. The summed E-state index contributed by atoms with van der Waals surface area (Å²) < 4.78 is 0. The second-order valence-electron chi connectivity index (χ2n) is 4.19. The maximum absolute atomic E-state index is 12.1.